The summed E-state index contributed by atoms with van der Waals surface area (Å²) in [5.74, 6) is -0.462. The summed E-state index contributed by atoms with van der Waals surface area (Å²) in [6.07, 6.45) is 1.44. The molecular formula is C21H16BrN5O5. The molecule has 0 aliphatic heterocycles. The third-order valence-corrected chi connectivity index (χ3v) is 5.80. The first kappa shape index (κ1) is 21.2. The summed E-state index contributed by atoms with van der Waals surface area (Å²) in [6, 6.07) is 12.5. The summed E-state index contributed by atoms with van der Waals surface area (Å²) < 4.78 is 4.00. The predicted molar refractivity (Wildman–Crippen MR) is 122 cm³/mol. The molecule has 0 radical (unpaired) electrons. The smallest absolute Gasteiger partial charge is 0.295 e. The standard InChI is InChI=1S/C21H16BrN5O5/c1-24-16-11-26(23-19(28)12-6-4-3-5-7-12)18(17(16)20(29)25(2)21(24)30)14-10-13(27(31)32)8-9-15(14)22/h3-11H,1-2H3,(H,23,28). The van der Waals surface area contributed by atoms with E-state index in [0.717, 1.165) is 4.57 Å². The Morgan fingerprint density at radius 3 is 2.41 bits per heavy atom. The zero-order chi connectivity index (χ0) is 23.2. The Balaban J connectivity index is 2.06. The number of benzene rings is 2. The van der Waals surface area contributed by atoms with E-state index >= 15 is 0 Å². The summed E-state index contributed by atoms with van der Waals surface area (Å²) in [4.78, 5) is 49.2. The van der Waals surface area contributed by atoms with Crippen LogP contribution in [-0.2, 0) is 14.1 Å². The average molecular weight is 498 g/mol. The number of halogens is 1. The molecule has 0 spiro atoms. The van der Waals surface area contributed by atoms with Gasteiger partial charge in [0.25, 0.3) is 17.2 Å². The van der Waals surface area contributed by atoms with E-state index in [1.165, 1.54) is 47.7 Å². The van der Waals surface area contributed by atoms with Gasteiger partial charge in [-0.25, -0.2) is 4.79 Å². The number of aromatic nitrogens is 3. The summed E-state index contributed by atoms with van der Waals surface area (Å²) in [6.45, 7) is 0. The lowest BCUT2D eigenvalue weighted by atomic mass is 10.1. The van der Waals surface area contributed by atoms with E-state index < -0.39 is 22.1 Å². The summed E-state index contributed by atoms with van der Waals surface area (Å²) >= 11 is 3.38. The van der Waals surface area contributed by atoms with Crippen LogP contribution in [0.5, 0.6) is 0 Å². The maximum atomic E-state index is 13.1. The number of nitrogens with zero attached hydrogens (tertiary/aromatic N) is 4. The van der Waals surface area contributed by atoms with E-state index in [4.69, 9.17) is 0 Å². The van der Waals surface area contributed by atoms with E-state index in [0.29, 0.717) is 15.6 Å². The maximum absolute atomic E-state index is 13.1. The number of amides is 1. The highest BCUT2D eigenvalue weighted by Crippen LogP contribution is 2.35. The largest absolute Gasteiger partial charge is 0.330 e. The Kier molecular flexibility index (Phi) is 5.26. The second kappa shape index (κ2) is 7.93. The number of nitro groups is 1. The number of aryl methyl sites for hydroxylation is 1. The number of rotatable bonds is 4. The summed E-state index contributed by atoms with van der Waals surface area (Å²) in [5.41, 5.74) is 2.52. The number of hydrogen-bond donors (Lipinski definition) is 1. The number of non-ortho nitro benzene ring substituents is 1. The molecule has 0 saturated heterocycles. The fourth-order valence-corrected chi connectivity index (χ4v) is 3.90. The first-order valence-corrected chi connectivity index (χ1v) is 10.1. The van der Waals surface area contributed by atoms with Crippen molar-refractivity contribution < 1.29 is 9.72 Å². The minimum absolute atomic E-state index is 0.129. The van der Waals surface area contributed by atoms with Crippen LogP contribution in [0.15, 0.2) is 68.8 Å². The van der Waals surface area contributed by atoms with Crippen molar-refractivity contribution in [1.29, 1.82) is 0 Å². The first-order chi connectivity index (χ1) is 15.2. The van der Waals surface area contributed by atoms with Gasteiger partial charge in [0.15, 0.2) is 0 Å². The van der Waals surface area contributed by atoms with Crippen LogP contribution < -0.4 is 16.7 Å². The van der Waals surface area contributed by atoms with Crippen LogP contribution in [0.25, 0.3) is 22.2 Å². The highest BCUT2D eigenvalue weighted by Gasteiger charge is 2.23. The van der Waals surface area contributed by atoms with Gasteiger partial charge in [0, 0.05) is 41.8 Å². The van der Waals surface area contributed by atoms with Crippen LogP contribution in [0.1, 0.15) is 10.4 Å². The van der Waals surface area contributed by atoms with Gasteiger partial charge in [-0.2, -0.15) is 0 Å². The van der Waals surface area contributed by atoms with Crippen LogP contribution in [-0.4, -0.2) is 24.6 Å². The van der Waals surface area contributed by atoms with Gasteiger partial charge in [0.2, 0.25) is 0 Å². The Morgan fingerprint density at radius 1 is 1.06 bits per heavy atom. The van der Waals surface area contributed by atoms with Gasteiger partial charge in [0.05, 0.1) is 27.7 Å². The summed E-state index contributed by atoms with van der Waals surface area (Å²) in [7, 11) is 2.84. The van der Waals surface area contributed by atoms with Gasteiger partial charge in [-0.3, -0.25) is 38.9 Å². The molecular weight excluding hydrogens is 482 g/mol. The van der Waals surface area contributed by atoms with Crippen molar-refractivity contribution in [2.24, 2.45) is 14.1 Å². The van der Waals surface area contributed by atoms with E-state index in [-0.39, 0.29) is 22.3 Å². The molecule has 2 aromatic carbocycles. The quantitative estimate of drug-likeness (QED) is 0.343. The normalized spacial score (nSPS) is 11.0. The number of carbonyl (C=O) groups excluding carboxylic acids is 1. The van der Waals surface area contributed by atoms with Crippen LogP contribution in [0.3, 0.4) is 0 Å². The second-order valence-electron chi connectivity index (χ2n) is 7.04. The van der Waals surface area contributed by atoms with Crippen molar-refractivity contribution in [3.63, 3.8) is 0 Å². The van der Waals surface area contributed by atoms with Crippen molar-refractivity contribution in [1.82, 2.24) is 13.8 Å². The monoisotopic (exact) mass is 497 g/mol. The maximum Gasteiger partial charge on any atom is 0.330 e. The first-order valence-electron chi connectivity index (χ1n) is 9.32. The van der Waals surface area contributed by atoms with E-state index in [1.807, 2.05) is 0 Å². The summed E-state index contributed by atoms with van der Waals surface area (Å²) in [5, 5.41) is 11.5. The van der Waals surface area contributed by atoms with Gasteiger partial charge in [0.1, 0.15) is 0 Å². The molecule has 10 nitrogen and oxygen atoms in total. The van der Waals surface area contributed by atoms with E-state index in [2.05, 4.69) is 21.4 Å². The molecule has 0 saturated carbocycles. The second-order valence-corrected chi connectivity index (χ2v) is 7.90. The van der Waals surface area contributed by atoms with Crippen LogP contribution in [0, 0.1) is 10.1 Å². The minimum Gasteiger partial charge on any atom is -0.295 e. The van der Waals surface area contributed by atoms with Crippen molar-refractivity contribution in [3.8, 4) is 11.3 Å². The SMILES string of the molecule is Cn1c(=O)c2c(-c3cc([N+](=O)[O-])ccc3Br)n(NC(=O)c3ccccc3)cc2n(C)c1=O. The average Bonchev–Trinajstić information content (AvgIpc) is 3.16. The fourth-order valence-electron chi connectivity index (χ4n) is 3.47. The van der Waals surface area contributed by atoms with Crippen molar-refractivity contribution in [3.05, 3.63) is 95.7 Å². The number of fused-ring (bicyclic) bond motifs is 1. The lowest BCUT2D eigenvalue weighted by Crippen LogP contribution is -2.36. The van der Waals surface area contributed by atoms with Crippen LogP contribution in [0.2, 0.25) is 0 Å². The van der Waals surface area contributed by atoms with Crippen LogP contribution >= 0.6 is 15.9 Å². The molecule has 11 heteroatoms. The molecule has 0 fully saturated rings. The molecule has 1 amide bonds. The number of carbonyl (C=O) groups is 1. The van der Waals surface area contributed by atoms with Gasteiger partial charge in [-0.1, -0.05) is 34.1 Å². The Hall–Kier alpha value is -3.99. The Labute approximate surface area is 188 Å². The van der Waals surface area contributed by atoms with E-state index in [1.54, 1.807) is 30.3 Å². The van der Waals surface area contributed by atoms with Gasteiger partial charge >= 0.3 is 5.69 Å². The third-order valence-electron chi connectivity index (χ3n) is 5.11. The molecule has 0 bridgehead atoms. The predicted octanol–water partition coefficient (Wildman–Crippen LogP) is 2.76. The molecule has 4 aromatic rings. The molecule has 0 unspecified atom stereocenters. The molecule has 32 heavy (non-hydrogen) atoms. The van der Waals surface area contributed by atoms with Gasteiger partial charge in [-0.15, -0.1) is 0 Å². The third kappa shape index (κ3) is 3.42. The lowest BCUT2D eigenvalue weighted by molar-refractivity contribution is -0.384. The fraction of sp³-hybridized carbons (Fsp3) is 0.0952. The minimum atomic E-state index is -0.593. The van der Waals surface area contributed by atoms with Crippen LogP contribution in [0.4, 0.5) is 5.69 Å². The molecule has 2 aromatic heterocycles. The molecule has 4 rings (SSSR count). The van der Waals surface area contributed by atoms with Gasteiger partial charge in [-0.05, 0) is 18.2 Å². The lowest BCUT2D eigenvalue weighted by Gasteiger charge is -2.13. The van der Waals surface area contributed by atoms with Crippen molar-refractivity contribution in [2.75, 3.05) is 5.43 Å². The molecule has 0 atom stereocenters. The number of nitrogens with one attached hydrogen (secondary N) is 1. The van der Waals surface area contributed by atoms with E-state index in [9.17, 15) is 24.5 Å². The Bertz CT molecular complexity index is 1520. The molecule has 0 aliphatic rings. The highest BCUT2D eigenvalue weighted by molar-refractivity contribution is 9.10. The zero-order valence-corrected chi connectivity index (χ0v) is 18.5. The molecule has 2 heterocycles. The number of hydrogen-bond acceptors (Lipinski definition) is 5. The zero-order valence-electron chi connectivity index (χ0n) is 16.9. The van der Waals surface area contributed by atoms with Crippen molar-refractivity contribution in [2.45, 2.75) is 0 Å². The molecule has 1 N–H and O–H groups in total. The number of nitro benzene ring substituents is 1. The Morgan fingerprint density at radius 2 is 1.75 bits per heavy atom. The van der Waals surface area contributed by atoms with Gasteiger partial charge < -0.3 is 0 Å². The topological polar surface area (TPSA) is 121 Å². The van der Waals surface area contributed by atoms with Crippen molar-refractivity contribution >= 4 is 38.4 Å². The molecule has 162 valence electrons. The highest BCUT2D eigenvalue weighted by atomic mass is 79.9. The molecule has 0 aliphatic carbocycles.